The van der Waals surface area contributed by atoms with E-state index in [4.69, 9.17) is 25.8 Å². The van der Waals surface area contributed by atoms with Crippen LogP contribution in [-0.4, -0.2) is 45.7 Å². The van der Waals surface area contributed by atoms with Crippen LogP contribution in [0.3, 0.4) is 0 Å². The molecular weight excluding hydrogens is 356 g/mol. The van der Waals surface area contributed by atoms with Gasteiger partial charge in [-0.3, -0.25) is 9.69 Å². The third kappa shape index (κ3) is 5.28. The Kier molecular flexibility index (Phi) is 7.12. The van der Waals surface area contributed by atoms with Crippen molar-refractivity contribution >= 4 is 23.2 Å². The van der Waals surface area contributed by atoms with E-state index in [0.717, 1.165) is 11.3 Å². The van der Waals surface area contributed by atoms with Crippen LogP contribution in [0.25, 0.3) is 0 Å². The maximum absolute atomic E-state index is 12.4. The van der Waals surface area contributed by atoms with Gasteiger partial charge in [0, 0.05) is 23.2 Å². The van der Waals surface area contributed by atoms with Crippen molar-refractivity contribution in [2.45, 2.75) is 6.54 Å². The summed E-state index contributed by atoms with van der Waals surface area (Å²) >= 11 is 6.05. The summed E-state index contributed by atoms with van der Waals surface area (Å²) in [5.41, 5.74) is 1.47. The molecule has 0 bridgehead atoms. The highest BCUT2D eigenvalue weighted by molar-refractivity contribution is 6.30. The minimum Gasteiger partial charge on any atom is -0.497 e. The summed E-state index contributed by atoms with van der Waals surface area (Å²) in [4.78, 5) is 14.3. The number of carbonyl (C=O) groups is 1. The standard InChI is InChI=1S/C19H23ClN2O4/c1-22(11-13-9-14(20)5-7-17(13)25-3)12-19(23)21-16-10-15(24-2)6-8-18(16)26-4/h5-10H,11-12H2,1-4H3,(H,21,23). The number of amides is 1. The lowest BCUT2D eigenvalue weighted by atomic mass is 10.2. The molecule has 2 aromatic rings. The Bertz CT molecular complexity index is 767. The average molecular weight is 379 g/mol. The fourth-order valence-electron chi connectivity index (χ4n) is 2.56. The Morgan fingerprint density at radius 1 is 1.04 bits per heavy atom. The number of nitrogens with zero attached hydrogens (tertiary/aromatic N) is 1. The van der Waals surface area contributed by atoms with Crippen LogP contribution in [-0.2, 0) is 11.3 Å². The molecule has 0 atom stereocenters. The van der Waals surface area contributed by atoms with Crippen molar-refractivity contribution in [3.8, 4) is 17.2 Å². The van der Waals surface area contributed by atoms with Gasteiger partial charge in [-0.05, 0) is 37.4 Å². The number of hydrogen-bond acceptors (Lipinski definition) is 5. The van der Waals surface area contributed by atoms with Crippen molar-refractivity contribution in [3.63, 3.8) is 0 Å². The molecule has 0 radical (unpaired) electrons. The lowest BCUT2D eigenvalue weighted by molar-refractivity contribution is -0.117. The van der Waals surface area contributed by atoms with Crippen molar-refractivity contribution in [1.29, 1.82) is 0 Å². The van der Waals surface area contributed by atoms with Crippen molar-refractivity contribution in [3.05, 3.63) is 47.0 Å². The molecule has 26 heavy (non-hydrogen) atoms. The van der Waals surface area contributed by atoms with Gasteiger partial charge in [0.2, 0.25) is 5.91 Å². The van der Waals surface area contributed by atoms with Gasteiger partial charge in [-0.2, -0.15) is 0 Å². The van der Waals surface area contributed by atoms with E-state index < -0.39 is 0 Å². The zero-order chi connectivity index (χ0) is 19.1. The number of halogens is 1. The highest BCUT2D eigenvalue weighted by atomic mass is 35.5. The smallest absolute Gasteiger partial charge is 0.238 e. The first-order chi connectivity index (χ1) is 12.5. The van der Waals surface area contributed by atoms with Crippen molar-refractivity contribution in [2.75, 3.05) is 40.2 Å². The van der Waals surface area contributed by atoms with E-state index in [1.54, 1.807) is 45.6 Å². The molecule has 7 heteroatoms. The summed E-state index contributed by atoms with van der Waals surface area (Å²) in [6.07, 6.45) is 0. The Labute approximate surface area is 158 Å². The van der Waals surface area contributed by atoms with Crippen molar-refractivity contribution in [2.24, 2.45) is 0 Å². The third-order valence-corrected chi connectivity index (χ3v) is 4.01. The minimum absolute atomic E-state index is 0.167. The van der Waals surface area contributed by atoms with Gasteiger partial charge in [0.1, 0.15) is 17.2 Å². The second-order valence-corrected chi connectivity index (χ2v) is 6.18. The SMILES string of the molecule is COc1ccc(OC)c(NC(=O)CN(C)Cc2cc(Cl)ccc2OC)c1. The number of anilines is 1. The van der Waals surface area contributed by atoms with Crippen molar-refractivity contribution in [1.82, 2.24) is 4.90 Å². The van der Waals surface area contributed by atoms with Crippen molar-refractivity contribution < 1.29 is 19.0 Å². The van der Waals surface area contributed by atoms with Gasteiger partial charge in [-0.15, -0.1) is 0 Å². The molecule has 0 aliphatic rings. The molecule has 0 aliphatic carbocycles. The predicted octanol–water partition coefficient (Wildman–Crippen LogP) is 3.44. The molecule has 0 aromatic heterocycles. The highest BCUT2D eigenvalue weighted by Crippen LogP contribution is 2.29. The highest BCUT2D eigenvalue weighted by Gasteiger charge is 2.13. The minimum atomic E-state index is -0.167. The van der Waals surface area contributed by atoms with Crippen LogP contribution in [0.2, 0.25) is 5.02 Å². The lowest BCUT2D eigenvalue weighted by Gasteiger charge is -2.19. The van der Waals surface area contributed by atoms with Gasteiger partial charge < -0.3 is 19.5 Å². The molecule has 6 nitrogen and oxygen atoms in total. The largest absolute Gasteiger partial charge is 0.497 e. The molecule has 0 unspecified atom stereocenters. The van der Waals surface area contributed by atoms with E-state index in [2.05, 4.69) is 5.32 Å². The molecule has 0 saturated carbocycles. The Hall–Kier alpha value is -2.44. The first-order valence-electron chi connectivity index (χ1n) is 7.99. The second-order valence-electron chi connectivity index (χ2n) is 5.74. The van der Waals surface area contributed by atoms with Crippen LogP contribution in [0.15, 0.2) is 36.4 Å². The number of likely N-dealkylation sites (N-methyl/N-ethyl adjacent to an activating group) is 1. The maximum Gasteiger partial charge on any atom is 0.238 e. The molecule has 2 aromatic carbocycles. The maximum atomic E-state index is 12.4. The fourth-order valence-corrected chi connectivity index (χ4v) is 2.76. The average Bonchev–Trinajstić information content (AvgIpc) is 2.61. The summed E-state index contributed by atoms with van der Waals surface area (Å²) in [5, 5.41) is 3.47. The number of hydrogen-bond donors (Lipinski definition) is 1. The first kappa shape index (κ1) is 19.9. The van der Waals surface area contributed by atoms with E-state index in [-0.39, 0.29) is 12.5 Å². The van der Waals surface area contributed by atoms with E-state index in [1.807, 2.05) is 24.1 Å². The quantitative estimate of drug-likeness (QED) is 0.762. The number of ether oxygens (including phenoxy) is 3. The molecule has 1 N–H and O–H groups in total. The van der Waals surface area contributed by atoms with Gasteiger partial charge >= 0.3 is 0 Å². The van der Waals surface area contributed by atoms with E-state index in [0.29, 0.717) is 28.8 Å². The number of nitrogens with one attached hydrogen (secondary N) is 1. The Balaban J connectivity index is 2.03. The van der Waals surface area contributed by atoms with Gasteiger partial charge in [0.15, 0.2) is 0 Å². The Morgan fingerprint density at radius 2 is 1.73 bits per heavy atom. The first-order valence-corrected chi connectivity index (χ1v) is 8.37. The van der Waals surface area contributed by atoms with Crippen LogP contribution in [0.1, 0.15) is 5.56 Å². The van der Waals surface area contributed by atoms with Gasteiger partial charge in [0.05, 0.1) is 33.6 Å². The van der Waals surface area contributed by atoms with E-state index in [1.165, 1.54) is 0 Å². The second kappa shape index (κ2) is 9.31. The zero-order valence-electron chi connectivity index (χ0n) is 15.3. The molecule has 0 heterocycles. The van der Waals surface area contributed by atoms with Gasteiger partial charge in [0.25, 0.3) is 0 Å². The number of benzene rings is 2. The summed E-state index contributed by atoms with van der Waals surface area (Å²) in [5.74, 6) is 1.77. The topological polar surface area (TPSA) is 60.0 Å². The fraction of sp³-hybridized carbons (Fsp3) is 0.316. The van der Waals surface area contributed by atoms with Crippen LogP contribution in [0, 0.1) is 0 Å². The normalized spacial score (nSPS) is 10.5. The molecule has 0 saturated heterocycles. The zero-order valence-corrected chi connectivity index (χ0v) is 16.1. The van der Waals surface area contributed by atoms with Crippen LogP contribution in [0.4, 0.5) is 5.69 Å². The monoisotopic (exact) mass is 378 g/mol. The summed E-state index contributed by atoms with van der Waals surface area (Å²) in [7, 11) is 6.58. The molecule has 1 amide bonds. The molecular formula is C19H23ClN2O4. The Morgan fingerprint density at radius 3 is 2.38 bits per heavy atom. The summed E-state index contributed by atoms with van der Waals surface area (Å²) < 4.78 is 15.8. The van der Waals surface area contributed by atoms with E-state index >= 15 is 0 Å². The van der Waals surface area contributed by atoms with Crippen LogP contribution in [0.5, 0.6) is 17.2 Å². The lowest BCUT2D eigenvalue weighted by Crippen LogP contribution is -2.30. The summed E-state index contributed by atoms with van der Waals surface area (Å²) in [6, 6.07) is 10.6. The number of methoxy groups -OCH3 is 3. The molecule has 140 valence electrons. The van der Waals surface area contributed by atoms with Crippen LogP contribution >= 0.6 is 11.6 Å². The van der Waals surface area contributed by atoms with Gasteiger partial charge in [-0.1, -0.05) is 11.6 Å². The molecule has 0 fully saturated rings. The number of rotatable bonds is 8. The molecule has 0 aliphatic heterocycles. The molecule has 0 spiro atoms. The predicted molar refractivity (Wildman–Crippen MR) is 103 cm³/mol. The number of carbonyl (C=O) groups excluding carboxylic acids is 1. The van der Waals surface area contributed by atoms with E-state index in [9.17, 15) is 4.79 Å². The third-order valence-electron chi connectivity index (χ3n) is 3.78. The van der Waals surface area contributed by atoms with Crippen LogP contribution < -0.4 is 19.5 Å². The van der Waals surface area contributed by atoms with Gasteiger partial charge in [-0.25, -0.2) is 0 Å². The molecule has 2 rings (SSSR count). The summed E-state index contributed by atoms with van der Waals surface area (Å²) in [6.45, 7) is 0.711.